The topological polar surface area (TPSA) is 68.5 Å². The van der Waals surface area contributed by atoms with Gasteiger partial charge in [0.1, 0.15) is 5.82 Å². The molecule has 0 N–H and O–H groups in total. The largest absolute Gasteiger partial charge is 0.316 e. The molecule has 1 aromatic heterocycles. The maximum Gasteiger partial charge on any atom is 0.249 e. The number of carbonyl (C=O) groups excluding carboxylic acids is 1. The fourth-order valence-corrected chi connectivity index (χ4v) is 5.48. The minimum atomic E-state index is -3.67. The van der Waals surface area contributed by atoms with E-state index in [0.717, 1.165) is 33.5 Å². The van der Waals surface area contributed by atoms with Gasteiger partial charge in [-0.3, -0.25) is 4.79 Å². The van der Waals surface area contributed by atoms with Crippen LogP contribution in [0.15, 0.2) is 46.3 Å². The van der Waals surface area contributed by atoms with E-state index in [1.54, 1.807) is 0 Å². The number of nitrogens with zero attached hydrogens (tertiary/aromatic N) is 2. The molecule has 0 unspecified atom stereocenters. The summed E-state index contributed by atoms with van der Waals surface area (Å²) in [6.07, 6.45) is -0.227. The molecule has 0 aliphatic heterocycles. The smallest absolute Gasteiger partial charge is 0.249 e. The van der Waals surface area contributed by atoms with Crippen molar-refractivity contribution in [2.75, 3.05) is 5.75 Å². The van der Waals surface area contributed by atoms with Gasteiger partial charge >= 0.3 is 0 Å². The maximum atomic E-state index is 13.0. The summed E-state index contributed by atoms with van der Waals surface area (Å²) in [4.78, 5) is 17.1. The van der Waals surface area contributed by atoms with Crippen LogP contribution in [0.2, 0.25) is 0 Å². The van der Waals surface area contributed by atoms with Crippen LogP contribution in [0.25, 0.3) is 10.2 Å². The highest BCUT2D eigenvalue weighted by atomic mass is 32.2. The van der Waals surface area contributed by atoms with Crippen molar-refractivity contribution >= 4 is 37.3 Å². The number of hydrogen-bond donors (Lipinski definition) is 0. The first kappa shape index (κ1) is 20.4. The van der Waals surface area contributed by atoms with Gasteiger partial charge in [-0.2, -0.15) is 4.99 Å². The second-order valence-electron chi connectivity index (χ2n) is 6.53. The lowest BCUT2D eigenvalue weighted by atomic mass is 10.1. The van der Waals surface area contributed by atoms with Gasteiger partial charge in [0, 0.05) is 13.0 Å². The Labute approximate surface area is 167 Å². The van der Waals surface area contributed by atoms with Crippen LogP contribution in [0.3, 0.4) is 0 Å². The molecule has 8 heteroatoms. The van der Waals surface area contributed by atoms with Gasteiger partial charge in [-0.1, -0.05) is 23.5 Å². The molecule has 0 atom stereocenters. The van der Waals surface area contributed by atoms with E-state index in [0.29, 0.717) is 11.3 Å². The van der Waals surface area contributed by atoms with Gasteiger partial charge < -0.3 is 4.57 Å². The summed E-state index contributed by atoms with van der Waals surface area (Å²) in [6, 6.07) is 8.66. The van der Waals surface area contributed by atoms with Gasteiger partial charge in [0.05, 0.1) is 20.9 Å². The Kier molecular flexibility index (Phi) is 5.81. The van der Waals surface area contributed by atoms with E-state index in [1.165, 1.54) is 23.5 Å². The van der Waals surface area contributed by atoms with Crippen molar-refractivity contribution in [1.29, 1.82) is 0 Å². The van der Waals surface area contributed by atoms with E-state index in [9.17, 15) is 17.6 Å². The van der Waals surface area contributed by atoms with Gasteiger partial charge in [-0.25, -0.2) is 12.8 Å². The van der Waals surface area contributed by atoms with Crippen LogP contribution >= 0.6 is 11.3 Å². The number of carbonyl (C=O) groups is 1. The fraction of sp³-hybridized carbons (Fsp3) is 0.300. The molecule has 0 aliphatic carbocycles. The Morgan fingerprint density at radius 1 is 1.11 bits per heavy atom. The summed E-state index contributed by atoms with van der Waals surface area (Å²) >= 11 is 1.43. The van der Waals surface area contributed by atoms with Crippen molar-refractivity contribution in [1.82, 2.24) is 4.57 Å². The molecule has 1 amide bonds. The number of thiazole rings is 1. The van der Waals surface area contributed by atoms with Crippen molar-refractivity contribution in [3.8, 4) is 0 Å². The highest BCUT2D eigenvalue weighted by molar-refractivity contribution is 7.91. The SMILES string of the molecule is CCn1c(=NC(=O)CCS(=O)(=O)c2ccc(F)cc2)sc2c(C)ccc(C)c21. The normalized spacial score (nSPS) is 12.6. The molecule has 28 heavy (non-hydrogen) atoms. The standard InChI is InChI=1S/C20H21FN2O3S2/c1-4-23-18-13(2)5-6-14(3)19(18)27-20(23)22-17(24)11-12-28(25,26)16-9-7-15(21)8-10-16/h5-10H,4,11-12H2,1-3H3. The average Bonchev–Trinajstić information content (AvgIpc) is 3.03. The maximum absolute atomic E-state index is 13.0. The van der Waals surface area contributed by atoms with E-state index in [1.807, 2.05) is 37.5 Å². The summed E-state index contributed by atoms with van der Waals surface area (Å²) in [5.41, 5.74) is 3.27. The molecule has 148 valence electrons. The Morgan fingerprint density at radius 2 is 1.75 bits per heavy atom. The first-order valence-electron chi connectivity index (χ1n) is 8.88. The number of rotatable bonds is 5. The van der Waals surface area contributed by atoms with Crippen molar-refractivity contribution in [2.24, 2.45) is 4.99 Å². The van der Waals surface area contributed by atoms with Crippen LogP contribution in [-0.2, 0) is 21.2 Å². The second-order valence-corrected chi connectivity index (χ2v) is 9.62. The highest BCUT2D eigenvalue weighted by Crippen LogP contribution is 2.24. The quantitative estimate of drug-likeness (QED) is 0.590. The molecule has 5 nitrogen and oxygen atoms in total. The number of aryl methyl sites for hydroxylation is 3. The summed E-state index contributed by atoms with van der Waals surface area (Å²) in [5.74, 6) is -1.37. The number of amides is 1. The van der Waals surface area contributed by atoms with Crippen LogP contribution < -0.4 is 4.80 Å². The predicted octanol–water partition coefficient (Wildman–Crippen LogP) is 3.77. The Bertz CT molecular complexity index is 1210. The second kappa shape index (κ2) is 7.97. The molecule has 0 saturated carbocycles. The zero-order chi connectivity index (χ0) is 20.5. The van der Waals surface area contributed by atoms with Crippen molar-refractivity contribution < 1.29 is 17.6 Å². The lowest BCUT2D eigenvalue weighted by Gasteiger charge is -2.05. The number of sulfone groups is 1. The molecule has 0 radical (unpaired) electrons. The Morgan fingerprint density at radius 3 is 2.39 bits per heavy atom. The molecule has 0 aliphatic rings. The van der Waals surface area contributed by atoms with Gasteiger partial charge in [0.2, 0.25) is 5.91 Å². The summed E-state index contributed by atoms with van der Waals surface area (Å²) < 4.78 is 40.7. The summed E-state index contributed by atoms with van der Waals surface area (Å²) in [7, 11) is -3.67. The summed E-state index contributed by atoms with van der Waals surface area (Å²) in [6.45, 7) is 6.67. The zero-order valence-corrected chi connectivity index (χ0v) is 17.5. The number of aromatic nitrogens is 1. The van der Waals surface area contributed by atoms with E-state index in [4.69, 9.17) is 0 Å². The van der Waals surface area contributed by atoms with E-state index < -0.39 is 21.6 Å². The zero-order valence-electron chi connectivity index (χ0n) is 15.9. The predicted molar refractivity (Wildman–Crippen MR) is 109 cm³/mol. The molecule has 0 fully saturated rings. The number of benzene rings is 2. The molecule has 3 rings (SSSR count). The monoisotopic (exact) mass is 420 g/mol. The molecule has 0 bridgehead atoms. The molecular weight excluding hydrogens is 399 g/mol. The molecule has 2 aromatic carbocycles. The van der Waals surface area contributed by atoms with E-state index in [-0.39, 0.29) is 17.1 Å². The molecule has 0 spiro atoms. The van der Waals surface area contributed by atoms with Crippen LogP contribution in [0.5, 0.6) is 0 Å². The third-order valence-corrected chi connectivity index (χ3v) is 7.46. The van der Waals surface area contributed by atoms with Gasteiger partial charge in [-0.15, -0.1) is 0 Å². The number of hydrogen-bond acceptors (Lipinski definition) is 4. The van der Waals surface area contributed by atoms with Crippen molar-refractivity contribution in [3.63, 3.8) is 0 Å². The molecule has 1 heterocycles. The first-order valence-corrected chi connectivity index (χ1v) is 11.3. The first-order chi connectivity index (χ1) is 13.2. The van der Waals surface area contributed by atoms with Crippen LogP contribution in [-0.4, -0.2) is 24.6 Å². The highest BCUT2D eigenvalue weighted by Gasteiger charge is 2.17. The summed E-state index contributed by atoms with van der Waals surface area (Å²) in [5, 5.41) is 0. The van der Waals surface area contributed by atoms with Gasteiger partial charge in [-0.05, 0) is 56.2 Å². The minimum absolute atomic E-state index is 0.00145. The number of halogens is 1. The van der Waals surface area contributed by atoms with Crippen LogP contribution in [0.4, 0.5) is 4.39 Å². The Balaban J connectivity index is 1.88. The average molecular weight is 421 g/mol. The van der Waals surface area contributed by atoms with Crippen LogP contribution in [0, 0.1) is 19.7 Å². The van der Waals surface area contributed by atoms with E-state index >= 15 is 0 Å². The van der Waals surface area contributed by atoms with E-state index in [2.05, 4.69) is 4.99 Å². The van der Waals surface area contributed by atoms with Crippen LogP contribution in [0.1, 0.15) is 24.5 Å². The third-order valence-electron chi connectivity index (χ3n) is 4.52. The fourth-order valence-electron chi connectivity index (χ4n) is 3.00. The Hall–Kier alpha value is -2.32. The minimum Gasteiger partial charge on any atom is -0.316 e. The molecular formula is C20H21FN2O3S2. The van der Waals surface area contributed by atoms with Crippen molar-refractivity contribution in [3.05, 3.63) is 58.1 Å². The van der Waals surface area contributed by atoms with Crippen molar-refractivity contribution in [2.45, 2.75) is 38.6 Å². The van der Waals surface area contributed by atoms with Gasteiger partial charge in [0.15, 0.2) is 14.6 Å². The van der Waals surface area contributed by atoms with Gasteiger partial charge in [0.25, 0.3) is 0 Å². The lowest BCUT2D eigenvalue weighted by Crippen LogP contribution is -2.17. The molecule has 0 saturated heterocycles. The third kappa shape index (κ3) is 4.07. The number of fused-ring (bicyclic) bond motifs is 1. The molecule has 3 aromatic rings. The lowest BCUT2D eigenvalue weighted by molar-refractivity contribution is -0.117.